The molecule has 0 spiro atoms. The lowest BCUT2D eigenvalue weighted by molar-refractivity contribution is 0.0874. The molecule has 1 aliphatic rings. The number of aromatic nitrogens is 4. The molecule has 2 N–H and O–H groups in total. The lowest BCUT2D eigenvalue weighted by atomic mass is 10.0. The van der Waals surface area contributed by atoms with Crippen LogP contribution in [0.25, 0.3) is 16.8 Å². The van der Waals surface area contributed by atoms with E-state index in [4.69, 9.17) is 0 Å². The van der Waals surface area contributed by atoms with Gasteiger partial charge in [0.15, 0.2) is 0 Å². The van der Waals surface area contributed by atoms with Gasteiger partial charge in [-0.1, -0.05) is 12.1 Å². The number of pyridine rings is 1. The Kier molecular flexibility index (Phi) is 5.22. The third-order valence-electron chi connectivity index (χ3n) is 6.07. The summed E-state index contributed by atoms with van der Waals surface area (Å²) < 4.78 is 18.4. The first-order chi connectivity index (χ1) is 15.5. The number of rotatable bonds is 5. The van der Waals surface area contributed by atoms with Crippen LogP contribution in [0.4, 0.5) is 4.39 Å². The lowest BCUT2D eigenvalue weighted by Gasteiger charge is -2.17. The minimum atomic E-state index is -0.523. The summed E-state index contributed by atoms with van der Waals surface area (Å²) in [4.78, 5) is 17.3. The molecule has 4 aromatic rings. The first-order valence-corrected chi connectivity index (χ1v) is 10.7. The number of carbonyl (C=O) groups is 1. The van der Waals surface area contributed by atoms with Crippen molar-refractivity contribution in [3.63, 3.8) is 0 Å². The maximum atomic E-state index is 14.9. The molecule has 0 aliphatic heterocycles. The number of hydrogen-bond donors (Lipinski definition) is 2. The van der Waals surface area contributed by atoms with Gasteiger partial charge in [-0.2, -0.15) is 5.10 Å². The predicted octanol–water partition coefficient (Wildman–Crippen LogP) is 3.11. The van der Waals surface area contributed by atoms with Crippen LogP contribution in [-0.2, 0) is 13.5 Å². The zero-order chi connectivity index (χ0) is 22.2. The summed E-state index contributed by atoms with van der Waals surface area (Å²) in [6.45, 7) is 0. The highest BCUT2D eigenvalue weighted by atomic mass is 19.1. The molecule has 5 rings (SSSR count). The van der Waals surface area contributed by atoms with Crippen LogP contribution in [0.15, 0.2) is 55.2 Å². The van der Waals surface area contributed by atoms with E-state index in [-0.39, 0.29) is 17.8 Å². The summed E-state index contributed by atoms with van der Waals surface area (Å²) in [6, 6.07) is 6.66. The number of halogens is 1. The van der Waals surface area contributed by atoms with Gasteiger partial charge in [0.2, 0.25) is 0 Å². The van der Waals surface area contributed by atoms with Crippen molar-refractivity contribution in [3.05, 3.63) is 77.8 Å². The monoisotopic (exact) mass is 433 g/mol. The van der Waals surface area contributed by atoms with Crippen LogP contribution in [0.2, 0.25) is 0 Å². The van der Waals surface area contributed by atoms with E-state index in [0.29, 0.717) is 29.6 Å². The number of imidazole rings is 1. The van der Waals surface area contributed by atoms with Gasteiger partial charge >= 0.3 is 0 Å². The Bertz CT molecular complexity index is 1290. The van der Waals surface area contributed by atoms with Gasteiger partial charge in [0, 0.05) is 43.8 Å². The van der Waals surface area contributed by atoms with E-state index in [1.165, 1.54) is 6.07 Å². The average molecular weight is 433 g/mol. The van der Waals surface area contributed by atoms with Crippen molar-refractivity contribution in [2.75, 3.05) is 0 Å². The number of aryl methyl sites for hydroxylation is 1. The summed E-state index contributed by atoms with van der Waals surface area (Å²) in [5, 5.41) is 17.1. The molecule has 0 bridgehead atoms. The highest BCUT2D eigenvalue weighted by molar-refractivity contribution is 6.00. The summed E-state index contributed by atoms with van der Waals surface area (Å²) in [5.41, 5.74) is 3.89. The second kappa shape index (κ2) is 8.20. The second-order valence-electron chi connectivity index (χ2n) is 8.38. The molecule has 1 amide bonds. The zero-order valence-corrected chi connectivity index (χ0v) is 17.7. The molecule has 164 valence electrons. The van der Waals surface area contributed by atoms with E-state index in [1.807, 2.05) is 25.5 Å². The van der Waals surface area contributed by atoms with Crippen LogP contribution in [0.1, 0.15) is 40.7 Å². The van der Waals surface area contributed by atoms with E-state index >= 15 is 0 Å². The van der Waals surface area contributed by atoms with Gasteiger partial charge in [-0.25, -0.2) is 9.37 Å². The van der Waals surface area contributed by atoms with Gasteiger partial charge in [-0.3, -0.25) is 9.48 Å². The second-order valence-corrected chi connectivity index (χ2v) is 8.38. The van der Waals surface area contributed by atoms with E-state index in [1.54, 1.807) is 39.8 Å². The van der Waals surface area contributed by atoms with Crippen LogP contribution in [-0.4, -0.2) is 42.3 Å². The fraction of sp³-hybridized carbons (Fsp3) is 0.292. The number of fused-ring (bicyclic) bond motifs is 1. The standard InChI is InChI=1S/C24H24FN5O2/c1-29-14-18(12-27-29)16-5-6-17(20(25)11-16)9-15-10-19(23-26-7-8-30(23)13-15)24(32)28-21-3-2-4-22(21)31/h5-8,10-14,21-22,31H,2-4,9H2,1H3,(H,28,32)/t21-,22-/m0/s1. The van der Waals surface area contributed by atoms with Crippen molar-refractivity contribution >= 4 is 11.6 Å². The van der Waals surface area contributed by atoms with Gasteiger partial charge in [0.25, 0.3) is 5.91 Å². The first kappa shape index (κ1) is 20.4. The summed E-state index contributed by atoms with van der Waals surface area (Å²) in [6.07, 6.45) is 10.9. The van der Waals surface area contributed by atoms with Crippen LogP contribution in [0, 0.1) is 5.82 Å². The Labute approximate surface area is 184 Å². The third kappa shape index (κ3) is 3.89. The van der Waals surface area contributed by atoms with Crippen LogP contribution in [0.3, 0.4) is 0 Å². The SMILES string of the molecule is Cn1cc(-c2ccc(Cc3cc(C(=O)N[C@H]4CCC[C@@H]4O)c4nccn4c3)c(F)c2)cn1. The molecule has 32 heavy (non-hydrogen) atoms. The highest BCUT2D eigenvalue weighted by Crippen LogP contribution is 2.24. The van der Waals surface area contributed by atoms with Crippen molar-refractivity contribution < 1.29 is 14.3 Å². The topological polar surface area (TPSA) is 84.5 Å². The van der Waals surface area contributed by atoms with Gasteiger partial charge in [-0.05, 0) is 48.1 Å². The van der Waals surface area contributed by atoms with Crippen LogP contribution in [0.5, 0.6) is 0 Å². The van der Waals surface area contributed by atoms with Gasteiger partial charge in [-0.15, -0.1) is 0 Å². The van der Waals surface area contributed by atoms with E-state index < -0.39 is 6.10 Å². The highest BCUT2D eigenvalue weighted by Gasteiger charge is 2.27. The average Bonchev–Trinajstić information content (AvgIpc) is 3.51. The van der Waals surface area contributed by atoms with Crippen LogP contribution < -0.4 is 5.32 Å². The zero-order valence-electron chi connectivity index (χ0n) is 17.7. The van der Waals surface area contributed by atoms with E-state index in [2.05, 4.69) is 15.4 Å². The Morgan fingerprint density at radius 1 is 1.25 bits per heavy atom. The van der Waals surface area contributed by atoms with Gasteiger partial charge < -0.3 is 14.8 Å². The summed E-state index contributed by atoms with van der Waals surface area (Å²) >= 11 is 0. The summed E-state index contributed by atoms with van der Waals surface area (Å²) in [7, 11) is 1.82. The maximum absolute atomic E-state index is 14.9. The molecule has 1 aliphatic carbocycles. The molecule has 3 heterocycles. The molecular weight excluding hydrogens is 409 g/mol. The Balaban J connectivity index is 1.43. The number of carbonyl (C=O) groups excluding carboxylic acids is 1. The number of nitrogens with zero attached hydrogens (tertiary/aromatic N) is 4. The molecule has 0 radical (unpaired) electrons. The van der Waals surface area contributed by atoms with E-state index in [9.17, 15) is 14.3 Å². The number of amides is 1. The molecule has 7 nitrogen and oxygen atoms in total. The number of nitrogens with one attached hydrogen (secondary N) is 1. The van der Waals surface area contributed by atoms with Crippen LogP contribution >= 0.6 is 0 Å². The van der Waals surface area contributed by atoms with Gasteiger partial charge in [0.05, 0.1) is 23.9 Å². The quantitative estimate of drug-likeness (QED) is 0.507. The Morgan fingerprint density at radius 2 is 2.12 bits per heavy atom. The molecule has 8 heteroatoms. The molecule has 0 saturated heterocycles. The Hall–Kier alpha value is -3.52. The molecule has 1 aromatic carbocycles. The lowest BCUT2D eigenvalue weighted by Crippen LogP contribution is -2.40. The fourth-order valence-corrected chi connectivity index (χ4v) is 4.37. The molecule has 2 atom stereocenters. The van der Waals surface area contributed by atoms with Crippen molar-refractivity contribution in [3.8, 4) is 11.1 Å². The molecule has 1 fully saturated rings. The number of aliphatic hydroxyl groups is 1. The predicted molar refractivity (Wildman–Crippen MR) is 118 cm³/mol. The largest absolute Gasteiger partial charge is 0.391 e. The van der Waals surface area contributed by atoms with Gasteiger partial charge in [0.1, 0.15) is 11.5 Å². The normalized spacial score (nSPS) is 18.3. The fourth-order valence-electron chi connectivity index (χ4n) is 4.37. The minimum Gasteiger partial charge on any atom is -0.391 e. The molecule has 3 aromatic heterocycles. The molecule has 1 saturated carbocycles. The number of hydrogen-bond acceptors (Lipinski definition) is 4. The first-order valence-electron chi connectivity index (χ1n) is 10.7. The number of benzene rings is 1. The maximum Gasteiger partial charge on any atom is 0.255 e. The summed E-state index contributed by atoms with van der Waals surface area (Å²) in [5.74, 6) is -0.585. The van der Waals surface area contributed by atoms with Crippen molar-refractivity contribution in [2.24, 2.45) is 7.05 Å². The van der Waals surface area contributed by atoms with Crippen molar-refractivity contribution in [1.29, 1.82) is 0 Å². The van der Waals surface area contributed by atoms with Crippen molar-refractivity contribution in [2.45, 2.75) is 37.8 Å². The molecule has 0 unspecified atom stereocenters. The smallest absolute Gasteiger partial charge is 0.255 e. The minimum absolute atomic E-state index is 0.251. The third-order valence-corrected chi connectivity index (χ3v) is 6.07. The van der Waals surface area contributed by atoms with Crippen molar-refractivity contribution in [1.82, 2.24) is 24.5 Å². The van der Waals surface area contributed by atoms with E-state index in [0.717, 1.165) is 29.5 Å². The number of aliphatic hydroxyl groups excluding tert-OH is 1. The molecular formula is C24H24FN5O2. The Morgan fingerprint density at radius 3 is 2.84 bits per heavy atom.